The lowest BCUT2D eigenvalue weighted by molar-refractivity contribution is 0.0939. The maximum Gasteiger partial charge on any atom is 0.253 e. The maximum atomic E-state index is 12.6. The molecule has 7 nitrogen and oxygen atoms in total. The number of amides is 1. The summed E-state index contributed by atoms with van der Waals surface area (Å²) in [5, 5.41) is 3.91. The van der Waals surface area contributed by atoms with Crippen LogP contribution in [0, 0.1) is 4.64 Å². The van der Waals surface area contributed by atoms with Gasteiger partial charge in [-0.05, 0) is 30.7 Å². The smallest absolute Gasteiger partial charge is 0.253 e. The van der Waals surface area contributed by atoms with Crippen molar-refractivity contribution in [2.45, 2.75) is 13.0 Å². The van der Waals surface area contributed by atoms with Gasteiger partial charge in [-0.25, -0.2) is 15.0 Å². The van der Waals surface area contributed by atoms with E-state index in [9.17, 15) is 4.79 Å². The molecule has 2 N–H and O–H groups in total. The van der Waals surface area contributed by atoms with Gasteiger partial charge in [-0.2, -0.15) is 0 Å². The Hall–Kier alpha value is -3.43. The SMILES string of the molecule is C[C@H](NC(=O)c1ccc(=S)[nH]c1)c1cccc(-c2nc3c(ncc4ncn(C)c43)s2)c1. The van der Waals surface area contributed by atoms with Gasteiger partial charge in [0.2, 0.25) is 0 Å². The van der Waals surface area contributed by atoms with Crippen LogP contribution in [0.1, 0.15) is 28.9 Å². The Morgan fingerprint density at radius 3 is 2.94 bits per heavy atom. The number of fused-ring (bicyclic) bond motifs is 3. The fourth-order valence-electron chi connectivity index (χ4n) is 3.48. The van der Waals surface area contributed by atoms with Crippen molar-refractivity contribution >= 4 is 50.8 Å². The van der Waals surface area contributed by atoms with Crippen LogP contribution in [0.4, 0.5) is 0 Å². The molecule has 1 atom stereocenters. The molecule has 0 unspecified atom stereocenters. The molecule has 154 valence electrons. The summed E-state index contributed by atoms with van der Waals surface area (Å²) in [5.41, 5.74) is 5.18. The predicted molar refractivity (Wildman–Crippen MR) is 125 cm³/mol. The van der Waals surface area contributed by atoms with Crippen molar-refractivity contribution in [2.24, 2.45) is 7.05 Å². The van der Waals surface area contributed by atoms with E-state index < -0.39 is 0 Å². The van der Waals surface area contributed by atoms with Gasteiger partial charge in [0, 0.05) is 18.8 Å². The second-order valence-corrected chi connectivity index (χ2v) is 8.70. The molecule has 0 saturated carbocycles. The molecular formula is C22H18N6OS2. The number of carbonyl (C=O) groups is 1. The van der Waals surface area contributed by atoms with E-state index in [0.717, 1.165) is 37.5 Å². The number of aryl methyl sites for hydroxylation is 1. The molecular weight excluding hydrogens is 428 g/mol. The zero-order chi connectivity index (χ0) is 21.5. The highest BCUT2D eigenvalue weighted by Gasteiger charge is 2.16. The quantitative estimate of drug-likeness (QED) is 0.387. The van der Waals surface area contributed by atoms with Crippen molar-refractivity contribution in [3.8, 4) is 10.6 Å². The second kappa shape index (κ2) is 7.68. The molecule has 0 spiro atoms. The van der Waals surface area contributed by atoms with Crippen LogP contribution in [0.5, 0.6) is 0 Å². The lowest BCUT2D eigenvalue weighted by Crippen LogP contribution is -2.26. The van der Waals surface area contributed by atoms with E-state index in [0.29, 0.717) is 10.2 Å². The van der Waals surface area contributed by atoms with Crippen LogP contribution in [0.2, 0.25) is 0 Å². The third-order valence-corrected chi connectivity index (χ3v) is 6.40. The Morgan fingerprint density at radius 2 is 2.13 bits per heavy atom. The summed E-state index contributed by atoms with van der Waals surface area (Å²) in [7, 11) is 1.96. The van der Waals surface area contributed by atoms with E-state index in [1.54, 1.807) is 42.2 Å². The highest BCUT2D eigenvalue weighted by Crippen LogP contribution is 2.33. The van der Waals surface area contributed by atoms with E-state index >= 15 is 0 Å². The molecule has 0 aliphatic heterocycles. The molecule has 4 aromatic heterocycles. The first kappa shape index (κ1) is 19.5. The number of nitrogens with one attached hydrogen (secondary N) is 2. The van der Waals surface area contributed by atoms with Crippen molar-refractivity contribution in [1.29, 1.82) is 0 Å². The van der Waals surface area contributed by atoms with Gasteiger partial charge in [0.15, 0.2) is 0 Å². The van der Waals surface area contributed by atoms with Gasteiger partial charge < -0.3 is 14.9 Å². The van der Waals surface area contributed by atoms with Gasteiger partial charge in [0.1, 0.15) is 25.5 Å². The molecule has 0 saturated heterocycles. The number of hydrogen-bond donors (Lipinski definition) is 2. The number of rotatable bonds is 4. The molecule has 5 aromatic rings. The number of hydrogen-bond acceptors (Lipinski definition) is 6. The summed E-state index contributed by atoms with van der Waals surface area (Å²) in [6.45, 7) is 1.96. The molecule has 1 aromatic carbocycles. The highest BCUT2D eigenvalue weighted by molar-refractivity contribution is 7.71. The van der Waals surface area contributed by atoms with Gasteiger partial charge in [-0.3, -0.25) is 4.79 Å². The molecule has 1 amide bonds. The first-order valence-corrected chi connectivity index (χ1v) is 10.9. The third kappa shape index (κ3) is 3.62. The molecule has 0 aliphatic carbocycles. The van der Waals surface area contributed by atoms with Gasteiger partial charge in [-0.15, -0.1) is 0 Å². The number of nitrogens with zero attached hydrogens (tertiary/aromatic N) is 4. The molecule has 9 heteroatoms. The van der Waals surface area contributed by atoms with Crippen LogP contribution >= 0.6 is 23.6 Å². The number of imidazole rings is 1. The van der Waals surface area contributed by atoms with Crippen molar-refractivity contribution in [1.82, 2.24) is 29.8 Å². The van der Waals surface area contributed by atoms with E-state index in [1.165, 1.54) is 0 Å². The first-order chi connectivity index (χ1) is 15.0. The Morgan fingerprint density at radius 1 is 1.26 bits per heavy atom. The Bertz CT molecular complexity index is 1480. The molecule has 0 radical (unpaired) electrons. The lowest BCUT2D eigenvalue weighted by atomic mass is 10.0. The number of aromatic nitrogens is 5. The zero-order valence-electron chi connectivity index (χ0n) is 16.8. The normalized spacial score (nSPS) is 12.3. The Balaban J connectivity index is 1.45. The summed E-state index contributed by atoms with van der Waals surface area (Å²) in [4.78, 5) is 30.0. The molecule has 4 heterocycles. The van der Waals surface area contributed by atoms with Gasteiger partial charge in [0.25, 0.3) is 5.91 Å². The molecule has 0 aliphatic rings. The summed E-state index contributed by atoms with van der Waals surface area (Å²) < 4.78 is 2.55. The van der Waals surface area contributed by atoms with Crippen molar-refractivity contribution in [3.63, 3.8) is 0 Å². The average molecular weight is 447 g/mol. The minimum absolute atomic E-state index is 0.160. The van der Waals surface area contributed by atoms with Crippen LogP contribution in [-0.2, 0) is 7.05 Å². The summed E-state index contributed by atoms with van der Waals surface area (Å²) >= 11 is 6.58. The van der Waals surface area contributed by atoms with Crippen LogP contribution in [0.25, 0.3) is 32.0 Å². The third-order valence-electron chi connectivity index (χ3n) is 5.13. The van der Waals surface area contributed by atoms with Crippen molar-refractivity contribution in [3.05, 3.63) is 70.9 Å². The van der Waals surface area contributed by atoms with Crippen LogP contribution in [0.15, 0.2) is 55.1 Å². The molecule has 5 rings (SSSR count). The number of aromatic amines is 1. The summed E-state index contributed by atoms with van der Waals surface area (Å²) in [6.07, 6.45) is 5.17. The highest BCUT2D eigenvalue weighted by atomic mass is 32.1. The number of H-pyrrole nitrogens is 1. The van der Waals surface area contributed by atoms with Crippen LogP contribution in [-0.4, -0.2) is 30.4 Å². The molecule has 31 heavy (non-hydrogen) atoms. The fraction of sp³-hybridized carbons (Fsp3) is 0.136. The average Bonchev–Trinajstić information content (AvgIpc) is 3.37. The van der Waals surface area contributed by atoms with Crippen LogP contribution in [0.3, 0.4) is 0 Å². The monoisotopic (exact) mass is 446 g/mol. The first-order valence-electron chi connectivity index (χ1n) is 9.66. The lowest BCUT2D eigenvalue weighted by Gasteiger charge is -2.15. The Labute approximate surface area is 186 Å². The van der Waals surface area contributed by atoms with Crippen LogP contribution < -0.4 is 5.32 Å². The standard InChI is InChI=1S/C22H18N6OS2/c1-12(26-20(29)15-6-7-17(30)23-9-15)13-4-3-5-14(8-13)21-27-18-19-16(25-11-28(19)2)10-24-22(18)31-21/h3-12H,1-2H3,(H,23,30)(H,26,29)/t12-/m0/s1. The predicted octanol–water partition coefficient (Wildman–Crippen LogP) is 4.79. The summed E-state index contributed by atoms with van der Waals surface area (Å²) in [6, 6.07) is 11.3. The van der Waals surface area contributed by atoms with Gasteiger partial charge in [-0.1, -0.05) is 41.8 Å². The topological polar surface area (TPSA) is 88.5 Å². The Kier molecular flexibility index (Phi) is 4.84. The molecule has 0 fully saturated rings. The van der Waals surface area contributed by atoms with Crippen molar-refractivity contribution in [2.75, 3.05) is 0 Å². The fourth-order valence-corrected chi connectivity index (χ4v) is 4.52. The van der Waals surface area contributed by atoms with E-state index in [-0.39, 0.29) is 11.9 Å². The minimum Gasteiger partial charge on any atom is -0.352 e. The second-order valence-electron chi connectivity index (χ2n) is 7.28. The number of pyridine rings is 2. The molecule has 0 bridgehead atoms. The van der Waals surface area contributed by atoms with Crippen molar-refractivity contribution < 1.29 is 4.79 Å². The maximum absolute atomic E-state index is 12.6. The number of carbonyl (C=O) groups excluding carboxylic acids is 1. The van der Waals surface area contributed by atoms with E-state index in [2.05, 4.69) is 26.3 Å². The van der Waals surface area contributed by atoms with E-state index in [4.69, 9.17) is 17.2 Å². The number of benzene rings is 1. The zero-order valence-corrected chi connectivity index (χ0v) is 18.4. The summed E-state index contributed by atoms with van der Waals surface area (Å²) in [5.74, 6) is -0.160. The largest absolute Gasteiger partial charge is 0.352 e. The van der Waals surface area contributed by atoms with Gasteiger partial charge in [0.05, 0.1) is 29.6 Å². The number of thiazole rings is 1. The van der Waals surface area contributed by atoms with E-state index in [1.807, 2.05) is 36.7 Å². The van der Waals surface area contributed by atoms with Gasteiger partial charge >= 0.3 is 0 Å². The minimum atomic E-state index is -0.174.